The van der Waals surface area contributed by atoms with Crippen LogP contribution in [0.4, 0.5) is 5.69 Å². The average Bonchev–Trinajstić information content (AvgIpc) is 3.03. The van der Waals surface area contributed by atoms with Crippen LogP contribution in [0, 0.1) is 0 Å². The summed E-state index contributed by atoms with van der Waals surface area (Å²) in [6, 6.07) is 18.5. The van der Waals surface area contributed by atoms with Crippen LogP contribution in [0.1, 0.15) is 10.4 Å². The van der Waals surface area contributed by atoms with E-state index in [0.717, 1.165) is 11.4 Å². The molecule has 4 heteroatoms. The van der Waals surface area contributed by atoms with E-state index < -0.39 is 0 Å². The molecule has 0 atom stereocenters. The summed E-state index contributed by atoms with van der Waals surface area (Å²) < 4.78 is 1.77. The predicted molar refractivity (Wildman–Crippen MR) is 78.0 cm³/mol. The molecule has 0 spiro atoms. The van der Waals surface area contributed by atoms with Crippen LogP contribution in [0.3, 0.4) is 0 Å². The molecule has 0 unspecified atom stereocenters. The first-order chi connectivity index (χ1) is 9.83. The van der Waals surface area contributed by atoms with Gasteiger partial charge in [0.1, 0.15) is 0 Å². The van der Waals surface area contributed by atoms with Gasteiger partial charge in [0.2, 0.25) is 0 Å². The Balaban J connectivity index is 1.74. The molecule has 1 N–H and O–H groups in total. The third-order valence-corrected chi connectivity index (χ3v) is 2.93. The van der Waals surface area contributed by atoms with E-state index in [1.54, 1.807) is 23.0 Å². The number of carbonyl (C=O) groups excluding carboxylic acids is 1. The molecule has 0 radical (unpaired) electrons. The van der Waals surface area contributed by atoms with Gasteiger partial charge in [0.15, 0.2) is 0 Å². The highest BCUT2D eigenvalue weighted by Crippen LogP contribution is 2.13. The van der Waals surface area contributed by atoms with E-state index in [2.05, 4.69) is 10.4 Å². The van der Waals surface area contributed by atoms with Crippen LogP contribution in [-0.4, -0.2) is 15.7 Å². The van der Waals surface area contributed by atoms with Crippen molar-refractivity contribution in [2.75, 3.05) is 5.32 Å². The largest absolute Gasteiger partial charge is 0.322 e. The van der Waals surface area contributed by atoms with Crippen LogP contribution in [0.2, 0.25) is 0 Å². The van der Waals surface area contributed by atoms with Crippen molar-refractivity contribution in [3.05, 3.63) is 78.6 Å². The Morgan fingerprint density at radius 1 is 0.950 bits per heavy atom. The molecular formula is C16H13N3O. The molecule has 0 saturated carbocycles. The van der Waals surface area contributed by atoms with Crippen LogP contribution >= 0.6 is 0 Å². The van der Waals surface area contributed by atoms with E-state index in [0.29, 0.717) is 5.56 Å². The first-order valence-corrected chi connectivity index (χ1v) is 6.29. The van der Waals surface area contributed by atoms with Gasteiger partial charge in [-0.2, -0.15) is 5.10 Å². The first-order valence-electron chi connectivity index (χ1n) is 6.29. The van der Waals surface area contributed by atoms with Crippen LogP contribution in [0.25, 0.3) is 5.69 Å². The summed E-state index contributed by atoms with van der Waals surface area (Å²) in [5.74, 6) is -0.113. The van der Waals surface area contributed by atoms with Crippen molar-refractivity contribution in [1.29, 1.82) is 0 Å². The minimum atomic E-state index is -0.113. The summed E-state index contributed by atoms with van der Waals surface area (Å²) in [4.78, 5) is 12.0. The first kappa shape index (κ1) is 12.2. The van der Waals surface area contributed by atoms with Gasteiger partial charge in [-0.1, -0.05) is 18.2 Å². The number of nitrogens with one attached hydrogen (secondary N) is 1. The maximum atomic E-state index is 12.0. The lowest BCUT2D eigenvalue weighted by Gasteiger charge is -2.06. The van der Waals surface area contributed by atoms with E-state index in [9.17, 15) is 4.79 Å². The molecule has 20 heavy (non-hydrogen) atoms. The lowest BCUT2D eigenvalue weighted by Crippen LogP contribution is -2.11. The standard InChI is InChI=1S/C16H13N3O/c20-16(13-5-2-1-3-6-13)18-14-7-9-15(10-8-14)19-12-4-11-17-19/h1-12H,(H,18,20). The number of nitrogens with zero attached hydrogens (tertiary/aromatic N) is 2. The van der Waals surface area contributed by atoms with Crippen molar-refractivity contribution in [1.82, 2.24) is 9.78 Å². The Morgan fingerprint density at radius 2 is 1.70 bits per heavy atom. The Kier molecular flexibility index (Phi) is 3.29. The van der Waals surface area contributed by atoms with Crippen LogP contribution in [-0.2, 0) is 0 Å². The summed E-state index contributed by atoms with van der Waals surface area (Å²) in [6.07, 6.45) is 3.60. The van der Waals surface area contributed by atoms with Gasteiger partial charge in [-0.05, 0) is 42.5 Å². The molecule has 3 aromatic rings. The number of amides is 1. The fourth-order valence-electron chi connectivity index (χ4n) is 1.91. The number of carbonyl (C=O) groups is 1. The summed E-state index contributed by atoms with van der Waals surface area (Å²) in [5, 5.41) is 7.02. The maximum absolute atomic E-state index is 12.0. The summed E-state index contributed by atoms with van der Waals surface area (Å²) >= 11 is 0. The van der Waals surface area contributed by atoms with E-state index in [4.69, 9.17) is 0 Å². The topological polar surface area (TPSA) is 46.9 Å². The van der Waals surface area contributed by atoms with Crippen LogP contribution in [0.15, 0.2) is 73.1 Å². The van der Waals surface area contributed by atoms with Crippen LogP contribution < -0.4 is 5.32 Å². The Hall–Kier alpha value is -2.88. The normalized spacial score (nSPS) is 10.2. The highest BCUT2D eigenvalue weighted by molar-refractivity contribution is 6.04. The molecule has 0 bridgehead atoms. The van der Waals surface area contributed by atoms with Crippen molar-refractivity contribution >= 4 is 11.6 Å². The smallest absolute Gasteiger partial charge is 0.255 e. The van der Waals surface area contributed by atoms with Crippen LogP contribution in [0.5, 0.6) is 0 Å². The van der Waals surface area contributed by atoms with Gasteiger partial charge in [0.25, 0.3) is 5.91 Å². The maximum Gasteiger partial charge on any atom is 0.255 e. The van der Waals surface area contributed by atoms with Crippen molar-refractivity contribution in [2.45, 2.75) is 0 Å². The van der Waals surface area contributed by atoms with Gasteiger partial charge in [-0.3, -0.25) is 4.79 Å². The number of hydrogen-bond acceptors (Lipinski definition) is 2. The van der Waals surface area contributed by atoms with Crippen molar-refractivity contribution < 1.29 is 4.79 Å². The molecule has 3 rings (SSSR count). The molecule has 1 heterocycles. The van der Waals surface area contributed by atoms with Crippen molar-refractivity contribution in [2.24, 2.45) is 0 Å². The highest BCUT2D eigenvalue weighted by Gasteiger charge is 2.05. The third kappa shape index (κ3) is 2.59. The summed E-state index contributed by atoms with van der Waals surface area (Å²) in [5.41, 5.74) is 2.35. The van der Waals surface area contributed by atoms with Gasteiger partial charge < -0.3 is 5.32 Å². The molecule has 0 fully saturated rings. The molecule has 0 saturated heterocycles. The SMILES string of the molecule is O=C(Nc1ccc(-n2cccn2)cc1)c1ccccc1. The number of rotatable bonds is 3. The Bertz CT molecular complexity index is 688. The number of hydrogen-bond donors (Lipinski definition) is 1. The molecule has 0 aliphatic rings. The van der Waals surface area contributed by atoms with Gasteiger partial charge in [0.05, 0.1) is 5.69 Å². The molecule has 0 aliphatic carbocycles. The van der Waals surface area contributed by atoms with Gasteiger partial charge >= 0.3 is 0 Å². The fourth-order valence-corrected chi connectivity index (χ4v) is 1.91. The van der Waals surface area contributed by atoms with Crippen molar-refractivity contribution in [3.8, 4) is 5.69 Å². The zero-order valence-corrected chi connectivity index (χ0v) is 10.7. The van der Waals surface area contributed by atoms with Gasteiger partial charge in [-0.15, -0.1) is 0 Å². The zero-order valence-electron chi connectivity index (χ0n) is 10.7. The summed E-state index contributed by atoms with van der Waals surface area (Å²) in [6.45, 7) is 0. The number of benzene rings is 2. The minimum Gasteiger partial charge on any atom is -0.322 e. The summed E-state index contributed by atoms with van der Waals surface area (Å²) in [7, 11) is 0. The fraction of sp³-hybridized carbons (Fsp3) is 0. The second-order valence-electron chi connectivity index (χ2n) is 4.32. The Labute approximate surface area is 116 Å². The lowest BCUT2D eigenvalue weighted by molar-refractivity contribution is 0.102. The molecule has 98 valence electrons. The highest BCUT2D eigenvalue weighted by atomic mass is 16.1. The monoisotopic (exact) mass is 263 g/mol. The average molecular weight is 263 g/mol. The van der Waals surface area contributed by atoms with E-state index in [-0.39, 0.29) is 5.91 Å². The zero-order chi connectivity index (χ0) is 13.8. The molecule has 4 nitrogen and oxygen atoms in total. The molecule has 1 aromatic heterocycles. The van der Waals surface area contributed by atoms with Gasteiger partial charge in [0, 0.05) is 23.6 Å². The molecule has 1 amide bonds. The Morgan fingerprint density at radius 3 is 2.35 bits per heavy atom. The predicted octanol–water partition coefficient (Wildman–Crippen LogP) is 3.12. The third-order valence-electron chi connectivity index (χ3n) is 2.93. The lowest BCUT2D eigenvalue weighted by atomic mass is 10.2. The van der Waals surface area contributed by atoms with Crippen molar-refractivity contribution in [3.63, 3.8) is 0 Å². The van der Waals surface area contributed by atoms with Gasteiger partial charge in [-0.25, -0.2) is 4.68 Å². The van der Waals surface area contributed by atoms with E-state index in [1.165, 1.54) is 0 Å². The minimum absolute atomic E-state index is 0.113. The molecule has 2 aromatic carbocycles. The molecule has 0 aliphatic heterocycles. The second-order valence-corrected chi connectivity index (χ2v) is 4.32. The molecular weight excluding hydrogens is 250 g/mol. The quantitative estimate of drug-likeness (QED) is 0.789. The number of anilines is 1. The van der Waals surface area contributed by atoms with E-state index >= 15 is 0 Å². The second kappa shape index (κ2) is 5.40. The van der Waals surface area contributed by atoms with E-state index in [1.807, 2.05) is 54.7 Å². The number of aromatic nitrogens is 2.